The summed E-state index contributed by atoms with van der Waals surface area (Å²) in [7, 11) is 1.75. The van der Waals surface area contributed by atoms with Crippen LogP contribution in [0, 0.1) is 19.3 Å². The Hall–Kier alpha value is -2.93. The Morgan fingerprint density at radius 1 is 1.29 bits per heavy atom. The highest BCUT2D eigenvalue weighted by molar-refractivity contribution is 5.89. The minimum atomic E-state index is -0.224. The number of aryl methyl sites for hydroxylation is 2. The third-order valence-electron chi connectivity index (χ3n) is 5.40. The molecule has 0 unspecified atom stereocenters. The van der Waals surface area contributed by atoms with Gasteiger partial charge in [-0.25, -0.2) is 9.78 Å². The first kappa shape index (κ1) is 18.4. The molecule has 2 N–H and O–H groups in total. The average Bonchev–Trinajstić information content (AvgIpc) is 3.36. The molecule has 1 aliphatic rings. The first-order valence-corrected chi connectivity index (χ1v) is 9.47. The van der Waals surface area contributed by atoms with Gasteiger partial charge < -0.3 is 10.0 Å². The van der Waals surface area contributed by atoms with Crippen LogP contribution in [-0.2, 0) is 0 Å². The number of pyridine rings is 1. The van der Waals surface area contributed by atoms with Crippen LogP contribution in [0.25, 0.3) is 16.7 Å². The lowest BCUT2D eigenvalue weighted by atomic mass is 10.1. The molecule has 0 aliphatic heterocycles. The normalized spacial score (nSPS) is 14.9. The minimum absolute atomic E-state index is 0.113. The fourth-order valence-corrected chi connectivity index (χ4v) is 3.53. The summed E-state index contributed by atoms with van der Waals surface area (Å²) < 4.78 is 1.67. The standard InChI is InChI=1S/C21H25N5O2/c1-14-10-18(22-17-7-5-4-6-16(14)17)26-19(11-15(2)24-26)23-20(28)25(3)12-21(13-27)8-9-21/h4-7,10-11,27H,8-9,12-13H2,1-3H3,(H,23,28). The fraction of sp³-hybridized carbons (Fsp3) is 0.381. The number of nitrogens with zero attached hydrogens (tertiary/aromatic N) is 4. The Morgan fingerprint density at radius 3 is 2.75 bits per heavy atom. The topological polar surface area (TPSA) is 83.3 Å². The summed E-state index contributed by atoms with van der Waals surface area (Å²) in [6.07, 6.45) is 1.91. The number of para-hydroxylation sites is 1. The molecule has 0 saturated heterocycles. The monoisotopic (exact) mass is 379 g/mol. The van der Waals surface area contributed by atoms with Gasteiger partial charge in [-0.2, -0.15) is 9.78 Å². The number of aliphatic hydroxyl groups excluding tert-OH is 1. The molecular formula is C21H25N5O2. The van der Waals surface area contributed by atoms with Crippen LogP contribution in [-0.4, -0.2) is 51.0 Å². The van der Waals surface area contributed by atoms with E-state index in [1.165, 1.54) is 0 Å². The molecule has 0 atom stereocenters. The Morgan fingerprint density at radius 2 is 2.04 bits per heavy atom. The number of rotatable bonds is 5. The van der Waals surface area contributed by atoms with Crippen molar-refractivity contribution in [3.63, 3.8) is 0 Å². The summed E-state index contributed by atoms with van der Waals surface area (Å²) >= 11 is 0. The highest BCUT2D eigenvalue weighted by Crippen LogP contribution is 2.45. The second-order valence-corrected chi connectivity index (χ2v) is 7.84. The van der Waals surface area contributed by atoms with Crippen molar-refractivity contribution in [2.75, 3.05) is 25.5 Å². The summed E-state index contributed by atoms with van der Waals surface area (Å²) in [5.41, 5.74) is 2.65. The van der Waals surface area contributed by atoms with Crippen LogP contribution in [0.15, 0.2) is 36.4 Å². The van der Waals surface area contributed by atoms with E-state index in [2.05, 4.69) is 10.4 Å². The van der Waals surface area contributed by atoms with E-state index in [1.54, 1.807) is 16.6 Å². The molecule has 0 radical (unpaired) electrons. The molecule has 1 aromatic carbocycles. The maximum absolute atomic E-state index is 12.7. The molecule has 2 amide bonds. The Balaban J connectivity index is 1.61. The molecule has 0 spiro atoms. The molecule has 3 aromatic rings. The van der Waals surface area contributed by atoms with E-state index in [0.29, 0.717) is 18.2 Å². The quantitative estimate of drug-likeness (QED) is 0.713. The van der Waals surface area contributed by atoms with Crippen LogP contribution >= 0.6 is 0 Å². The van der Waals surface area contributed by atoms with Crippen molar-refractivity contribution < 1.29 is 9.90 Å². The number of carbonyl (C=O) groups excluding carboxylic acids is 1. The summed E-state index contributed by atoms with van der Waals surface area (Å²) in [6, 6.07) is 11.5. The number of aliphatic hydroxyl groups is 1. The van der Waals surface area contributed by atoms with E-state index in [9.17, 15) is 9.90 Å². The Bertz CT molecular complexity index is 1040. The van der Waals surface area contributed by atoms with Gasteiger partial charge >= 0.3 is 6.03 Å². The molecule has 1 fully saturated rings. The van der Waals surface area contributed by atoms with E-state index in [1.807, 2.05) is 50.2 Å². The van der Waals surface area contributed by atoms with Crippen LogP contribution in [0.1, 0.15) is 24.1 Å². The first-order chi connectivity index (χ1) is 13.4. The molecule has 146 valence electrons. The maximum Gasteiger partial charge on any atom is 0.322 e. The largest absolute Gasteiger partial charge is 0.396 e. The number of urea groups is 1. The van der Waals surface area contributed by atoms with Crippen LogP contribution in [0.5, 0.6) is 0 Å². The van der Waals surface area contributed by atoms with Crippen molar-refractivity contribution in [3.8, 4) is 5.82 Å². The van der Waals surface area contributed by atoms with E-state index >= 15 is 0 Å². The number of hydrogen-bond donors (Lipinski definition) is 2. The number of carbonyl (C=O) groups is 1. The maximum atomic E-state index is 12.7. The van der Waals surface area contributed by atoms with Crippen LogP contribution < -0.4 is 5.32 Å². The van der Waals surface area contributed by atoms with Crippen molar-refractivity contribution in [1.29, 1.82) is 0 Å². The Labute approximate surface area is 164 Å². The second-order valence-electron chi connectivity index (χ2n) is 7.84. The molecule has 7 nitrogen and oxygen atoms in total. The van der Waals surface area contributed by atoms with Gasteiger partial charge in [-0.3, -0.25) is 5.32 Å². The molecule has 0 bridgehead atoms. The predicted molar refractivity (Wildman–Crippen MR) is 109 cm³/mol. The van der Waals surface area contributed by atoms with Crippen LogP contribution in [0.4, 0.5) is 10.6 Å². The molecule has 2 aromatic heterocycles. The van der Waals surface area contributed by atoms with Gasteiger partial charge in [0.15, 0.2) is 5.82 Å². The molecule has 7 heteroatoms. The molecule has 1 saturated carbocycles. The number of hydrogen-bond acceptors (Lipinski definition) is 4. The lowest BCUT2D eigenvalue weighted by Crippen LogP contribution is -2.37. The van der Waals surface area contributed by atoms with Gasteiger partial charge in [-0.05, 0) is 44.4 Å². The van der Waals surface area contributed by atoms with Crippen molar-refractivity contribution in [1.82, 2.24) is 19.7 Å². The lowest BCUT2D eigenvalue weighted by Gasteiger charge is -2.22. The summed E-state index contributed by atoms with van der Waals surface area (Å²) in [6.45, 7) is 4.58. The number of amides is 2. The second kappa shape index (κ2) is 6.91. The third-order valence-corrected chi connectivity index (χ3v) is 5.40. The van der Waals surface area contributed by atoms with Crippen molar-refractivity contribution in [2.45, 2.75) is 26.7 Å². The van der Waals surface area contributed by atoms with Crippen LogP contribution in [0.3, 0.4) is 0 Å². The molecular weight excluding hydrogens is 354 g/mol. The number of nitrogens with one attached hydrogen (secondary N) is 1. The van der Waals surface area contributed by atoms with Crippen molar-refractivity contribution >= 4 is 22.8 Å². The van der Waals surface area contributed by atoms with E-state index < -0.39 is 0 Å². The zero-order chi connectivity index (χ0) is 19.9. The van der Waals surface area contributed by atoms with Gasteiger partial charge in [0.05, 0.1) is 17.8 Å². The highest BCUT2D eigenvalue weighted by Gasteiger charge is 2.43. The Kier molecular flexibility index (Phi) is 4.55. The molecule has 2 heterocycles. The van der Waals surface area contributed by atoms with Gasteiger partial charge in [-0.1, -0.05) is 18.2 Å². The SMILES string of the molecule is Cc1cc(NC(=O)N(C)CC2(CO)CC2)n(-c2cc(C)c3ccccc3n2)n1. The predicted octanol–water partition coefficient (Wildman–Crippen LogP) is 3.27. The number of benzene rings is 1. The zero-order valence-corrected chi connectivity index (χ0v) is 16.4. The van der Waals surface area contributed by atoms with Gasteiger partial charge in [0.1, 0.15) is 5.82 Å². The van der Waals surface area contributed by atoms with Crippen molar-refractivity contribution in [3.05, 3.63) is 47.7 Å². The van der Waals surface area contributed by atoms with Crippen molar-refractivity contribution in [2.24, 2.45) is 5.41 Å². The lowest BCUT2D eigenvalue weighted by molar-refractivity contribution is 0.168. The first-order valence-electron chi connectivity index (χ1n) is 9.47. The highest BCUT2D eigenvalue weighted by atomic mass is 16.3. The zero-order valence-electron chi connectivity index (χ0n) is 16.4. The third kappa shape index (κ3) is 3.45. The van der Waals surface area contributed by atoms with Gasteiger partial charge in [-0.15, -0.1) is 0 Å². The molecule has 4 rings (SSSR count). The summed E-state index contributed by atoms with van der Waals surface area (Å²) in [5, 5.41) is 18.1. The van der Waals surface area contributed by atoms with Gasteiger partial charge in [0, 0.05) is 30.5 Å². The minimum Gasteiger partial charge on any atom is -0.396 e. The fourth-order valence-electron chi connectivity index (χ4n) is 3.53. The van der Waals surface area contributed by atoms with E-state index in [-0.39, 0.29) is 18.1 Å². The molecule has 1 aliphatic carbocycles. The van der Waals surface area contributed by atoms with E-state index in [4.69, 9.17) is 4.98 Å². The summed E-state index contributed by atoms with van der Waals surface area (Å²) in [5.74, 6) is 1.24. The molecule has 28 heavy (non-hydrogen) atoms. The number of aromatic nitrogens is 3. The van der Waals surface area contributed by atoms with E-state index in [0.717, 1.165) is 35.0 Å². The average molecular weight is 379 g/mol. The van der Waals surface area contributed by atoms with Crippen LogP contribution in [0.2, 0.25) is 0 Å². The van der Waals surface area contributed by atoms with Gasteiger partial charge in [0.2, 0.25) is 0 Å². The summed E-state index contributed by atoms with van der Waals surface area (Å²) in [4.78, 5) is 19.0. The number of anilines is 1. The number of fused-ring (bicyclic) bond motifs is 1. The smallest absolute Gasteiger partial charge is 0.322 e. The van der Waals surface area contributed by atoms with Gasteiger partial charge in [0.25, 0.3) is 0 Å².